The van der Waals surface area contributed by atoms with Crippen molar-refractivity contribution in [2.45, 2.75) is 26.3 Å². The molecule has 2 aliphatic heterocycles. The molecule has 0 unspecified atom stereocenters. The summed E-state index contributed by atoms with van der Waals surface area (Å²) in [5.74, 6) is -0.375. The second kappa shape index (κ2) is 8.31. The van der Waals surface area contributed by atoms with Gasteiger partial charge in [-0.15, -0.1) is 0 Å². The summed E-state index contributed by atoms with van der Waals surface area (Å²) in [6.45, 7) is 4.14. The first-order valence-electron chi connectivity index (χ1n) is 9.77. The summed E-state index contributed by atoms with van der Waals surface area (Å²) in [5.41, 5.74) is 3.60. The molecule has 0 radical (unpaired) electrons. The third-order valence-electron chi connectivity index (χ3n) is 5.35. The van der Waals surface area contributed by atoms with E-state index in [9.17, 15) is 19.7 Å². The zero-order chi connectivity index (χ0) is 21.3. The molecule has 2 amide bonds. The molecule has 0 aliphatic carbocycles. The van der Waals surface area contributed by atoms with Crippen LogP contribution in [0.15, 0.2) is 47.4 Å². The molecular weight excluding hydrogens is 402 g/mol. The van der Waals surface area contributed by atoms with E-state index in [0.717, 1.165) is 40.9 Å². The van der Waals surface area contributed by atoms with Gasteiger partial charge in [-0.2, -0.15) is 0 Å². The van der Waals surface area contributed by atoms with Gasteiger partial charge < -0.3 is 4.90 Å². The number of nitrogens with zero attached hydrogens (tertiary/aromatic N) is 3. The summed E-state index contributed by atoms with van der Waals surface area (Å²) in [6, 6.07) is 12.1. The monoisotopic (exact) mass is 423 g/mol. The van der Waals surface area contributed by atoms with Crippen LogP contribution in [-0.4, -0.2) is 34.1 Å². The van der Waals surface area contributed by atoms with Crippen LogP contribution in [-0.2, 0) is 11.3 Å². The molecule has 2 saturated heterocycles. The van der Waals surface area contributed by atoms with E-state index in [1.165, 1.54) is 30.7 Å². The maximum atomic E-state index is 12.8. The molecule has 2 fully saturated rings. The summed E-state index contributed by atoms with van der Waals surface area (Å²) >= 11 is 0.899. The number of aryl methyl sites for hydroxylation is 1. The minimum absolute atomic E-state index is 0.0105. The lowest BCUT2D eigenvalue weighted by Crippen LogP contribution is -2.27. The first-order valence-corrected chi connectivity index (χ1v) is 10.6. The Balaban J connectivity index is 1.53. The van der Waals surface area contributed by atoms with Crippen molar-refractivity contribution in [3.8, 4) is 0 Å². The van der Waals surface area contributed by atoms with Gasteiger partial charge in [0.25, 0.3) is 16.8 Å². The van der Waals surface area contributed by atoms with E-state index in [-0.39, 0.29) is 23.4 Å². The lowest BCUT2D eigenvalue weighted by molar-refractivity contribution is -0.384. The number of amides is 2. The van der Waals surface area contributed by atoms with Gasteiger partial charge in [-0.1, -0.05) is 18.2 Å². The van der Waals surface area contributed by atoms with Crippen LogP contribution in [0.5, 0.6) is 0 Å². The Hall–Kier alpha value is -3.13. The summed E-state index contributed by atoms with van der Waals surface area (Å²) in [7, 11) is 0. The van der Waals surface area contributed by atoms with Gasteiger partial charge in [-0.25, -0.2) is 0 Å². The molecule has 0 bridgehead atoms. The molecule has 0 atom stereocenters. The molecule has 2 aromatic carbocycles. The zero-order valence-corrected chi connectivity index (χ0v) is 17.4. The summed E-state index contributed by atoms with van der Waals surface area (Å²) in [4.78, 5) is 39.5. The molecule has 2 aliphatic rings. The van der Waals surface area contributed by atoms with Crippen LogP contribution < -0.4 is 4.90 Å². The van der Waals surface area contributed by atoms with Gasteiger partial charge in [0.05, 0.1) is 16.4 Å². The van der Waals surface area contributed by atoms with Gasteiger partial charge in [-0.3, -0.25) is 24.6 Å². The number of benzene rings is 2. The average Bonchev–Trinajstić information content (AvgIpc) is 3.35. The highest BCUT2D eigenvalue weighted by Crippen LogP contribution is 2.34. The highest BCUT2D eigenvalue weighted by molar-refractivity contribution is 8.18. The number of rotatable bonds is 5. The third-order valence-corrected chi connectivity index (χ3v) is 6.25. The van der Waals surface area contributed by atoms with Gasteiger partial charge in [0.2, 0.25) is 0 Å². The fraction of sp³-hybridized carbons (Fsp3) is 0.273. The van der Waals surface area contributed by atoms with Crippen molar-refractivity contribution in [2.75, 3.05) is 18.0 Å². The predicted molar refractivity (Wildman–Crippen MR) is 117 cm³/mol. The number of carbonyl (C=O) groups is 2. The van der Waals surface area contributed by atoms with Crippen LogP contribution in [0.25, 0.3) is 6.08 Å². The Morgan fingerprint density at radius 3 is 2.60 bits per heavy atom. The molecule has 2 aromatic rings. The first-order chi connectivity index (χ1) is 14.4. The number of carbonyl (C=O) groups excluding carboxylic acids is 2. The minimum atomic E-state index is -0.494. The first kappa shape index (κ1) is 20.2. The minimum Gasteiger partial charge on any atom is -0.372 e. The van der Waals surface area contributed by atoms with E-state index >= 15 is 0 Å². The van der Waals surface area contributed by atoms with E-state index < -0.39 is 4.92 Å². The van der Waals surface area contributed by atoms with E-state index in [1.54, 1.807) is 18.2 Å². The van der Waals surface area contributed by atoms with Crippen LogP contribution in [0, 0.1) is 17.0 Å². The number of hydrogen-bond acceptors (Lipinski definition) is 6. The summed E-state index contributed by atoms with van der Waals surface area (Å²) in [5, 5.41) is 10.6. The van der Waals surface area contributed by atoms with Crippen LogP contribution in [0.4, 0.5) is 16.2 Å². The predicted octanol–water partition coefficient (Wildman–Crippen LogP) is 4.74. The van der Waals surface area contributed by atoms with Crippen molar-refractivity contribution >= 4 is 40.4 Å². The second-order valence-corrected chi connectivity index (χ2v) is 8.42. The number of imide groups is 1. The van der Waals surface area contributed by atoms with Crippen molar-refractivity contribution in [2.24, 2.45) is 0 Å². The van der Waals surface area contributed by atoms with Gasteiger partial charge in [0.15, 0.2) is 0 Å². The van der Waals surface area contributed by atoms with E-state index in [4.69, 9.17) is 0 Å². The number of hydrogen-bond donors (Lipinski definition) is 0. The molecule has 7 nitrogen and oxygen atoms in total. The Morgan fingerprint density at radius 2 is 1.90 bits per heavy atom. The topological polar surface area (TPSA) is 83.8 Å². The van der Waals surface area contributed by atoms with E-state index in [0.29, 0.717) is 10.5 Å². The van der Waals surface area contributed by atoms with Crippen LogP contribution >= 0.6 is 11.8 Å². The van der Waals surface area contributed by atoms with E-state index in [1.807, 2.05) is 13.0 Å². The molecule has 0 aromatic heterocycles. The number of anilines is 1. The number of thioether (sulfide) groups is 1. The van der Waals surface area contributed by atoms with Gasteiger partial charge in [-0.05, 0) is 66.4 Å². The largest absolute Gasteiger partial charge is 0.372 e. The smallest absolute Gasteiger partial charge is 0.293 e. The summed E-state index contributed by atoms with van der Waals surface area (Å²) in [6.07, 6.45) is 4.17. The molecule has 30 heavy (non-hydrogen) atoms. The van der Waals surface area contributed by atoms with Crippen LogP contribution in [0.2, 0.25) is 0 Å². The SMILES string of the molecule is Cc1cc(N2CCCC2)ccc1C=C1SC(=O)N(Cc2cccc([N+](=O)[O-])c2)C1=O. The molecule has 0 saturated carbocycles. The van der Waals surface area contributed by atoms with Crippen molar-refractivity contribution in [1.82, 2.24) is 4.90 Å². The van der Waals surface area contributed by atoms with Crippen molar-refractivity contribution < 1.29 is 14.5 Å². The fourth-order valence-corrected chi connectivity index (χ4v) is 4.55. The lowest BCUT2D eigenvalue weighted by Gasteiger charge is -2.18. The van der Waals surface area contributed by atoms with Gasteiger partial charge >= 0.3 is 0 Å². The fourth-order valence-electron chi connectivity index (χ4n) is 3.72. The number of non-ortho nitro benzene ring substituents is 1. The number of nitro benzene ring substituents is 1. The zero-order valence-electron chi connectivity index (χ0n) is 16.5. The highest BCUT2D eigenvalue weighted by atomic mass is 32.2. The van der Waals surface area contributed by atoms with E-state index in [2.05, 4.69) is 17.0 Å². The lowest BCUT2D eigenvalue weighted by atomic mass is 10.1. The molecule has 2 heterocycles. The average molecular weight is 423 g/mol. The Labute approximate surface area is 178 Å². The van der Waals surface area contributed by atoms with Crippen molar-refractivity contribution in [1.29, 1.82) is 0 Å². The highest BCUT2D eigenvalue weighted by Gasteiger charge is 2.35. The Morgan fingerprint density at radius 1 is 1.13 bits per heavy atom. The molecule has 8 heteroatoms. The quantitative estimate of drug-likeness (QED) is 0.392. The maximum Gasteiger partial charge on any atom is 0.293 e. The molecule has 0 spiro atoms. The standard InChI is InChI=1S/C22H21N3O4S/c1-15-11-18(23-9-2-3-10-23)8-7-17(15)13-20-21(26)24(22(27)30-20)14-16-5-4-6-19(12-16)25(28)29/h4-8,11-13H,2-3,9-10,14H2,1H3. The number of nitro groups is 1. The molecule has 154 valence electrons. The molecular formula is C22H21N3O4S. The second-order valence-electron chi connectivity index (χ2n) is 7.43. The summed E-state index contributed by atoms with van der Waals surface area (Å²) < 4.78 is 0. The van der Waals surface area contributed by atoms with Gasteiger partial charge in [0, 0.05) is 30.9 Å². The van der Waals surface area contributed by atoms with Gasteiger partial charge in [0.1, 0.15) is 0 Å². The van der Waals surface area contributed by atoms with Crippen LogP contribution in [0.1, 0.15) is 29.5 Å². The Kier molecular flexibility index (Phi) is 5.59. The van der Waals surface area contributed by atoms with Crippen LogP contribution in [0.3, 0.4) is 0 Å². The Bertz CT molecular complexity index is 1060. The third kappa shape index (κ3) is 4.09. The van der Waals surface area contributed by atoms with Crippen molar-refractivity contribution in [3.05, 3.63) is 74.2 Å². The normalized spacial score (nSPS) is 18.0. The molecule has 0 N–H and O–H groups in total. The van der Waals surface area contributed by atoms with Crippen molar-refractivity contribution in [3.63, 3.8) is 0 Å². The maximum absolute atomic E-state index is 12.8. The molecule has 4 rings (SSSR count).